The average molecular weight is 307 g/mol. The summed E-state index contributed by atoms with van der Waals surface area (Å²) in [6, 6.07) is 10.1. The maximum atomic E-state index is 10.7. The number of nitrogens with two attached hydrogens (primary N) is 1. The molecule has 0 fully saturated rings. The van der Waals surface area contributed by atoms with E-state index in [1.807, 2.05) is 25.1 Å². The fourth-order valence-corrected chi connectivity index (χ4v) is 2.19. The smallest absolute Gasteiger partial charge is 0.270 e. The minimum Gasteiger partial charge on any atom is -0.489 e. The summed E-state index contributed by atoms with van der Waals surface area (Å²) in [5.41, 5.74) is 8.12. The zero-order valence-electron chi connectivity index (χ0n) is 11.5. The number of nitro groups is 1. The summed E-state index contributed by atoms with van der Waals surface area (Å²) >= 11 is 6.14. The largest absolute Gasteiger partial charge is 0.489 e. The first-order valence-electron chi connectivity index (χ1n) is 6.36. The topological polar surface area (TPSA) is 78.4 Å². The van der Waals surface area contributed by atoms with Crippen LogP contribution in [0.2, 0.25) is 5.02 Å². The van der Waals surface area contributed by atoms with Crippen LogP contribution in [0, 0.1) is 17.0 Å². The average Bonchev–Trinajstić information content (AvgIpc) is 2.46. The van der Waals surface area contributed by atoms with Gasteiger partial charge >= 0.3 is 0 Å². The lowest BCUT2D eigenvalue weighted by atomic mass is 10.1. The van der Waals surface area contributed by atoms with E-state index in [0.717, 1.165) is 11.1 Å². The third kappa shape index (κ3) is 3.71. The molecule has 110 valence electrons. The van der Waals surface area contributed by atoms with Crippen molar-refractivity contribution in [3.05, 3.63) is 68.2 Å². The summed E-state index contributed by atoms with van der Waals surface area (Å²) in [6.45, 7) is 2.40. The zero-order valence-corrected chi connectivity index (χ0v) is 12.3. The van der Waals surface area contributed by atoms with Crippen LogP contribution in [0.15, 0.2) is 36.4 Å². The van der Waals surface area contributed by atoms with Gasteiger partial charge in [0.15, 0.2) is 0 Å². The van der Waals surface area contributed by atoms with Gasteiger partial charge in [0.25, 0.3) is 5.69 Å². The molecule has 2 aromatic carbocycles. The van der Waals surface area contributed by atoms with Gasteiger partial charge in [-0.05, 0) is 24.6 Å². The van der Waals surface area contributed by atoms with E-state index in [1.54, 1.807) is 6.07 Å². The number of nitro benzene ring substituents is 1. The third-order valence-corrected chi connectivity index (χ3v) is 3.42. The molecule has 0 aliphatic heterocycles. The maximum Gasteiger partial charge on any atom is 0.270 e. The van der Waals surface area contributed by atoms with E-state index < -0.39 is 4.92 Å². The molecule has 0 unspecified atom stereocenters. The predicted molar refractivity (Wildman–Crippen MR) is 81.5 cm³/mol. The molecule has 0 radical (unpaired) electrons. The Hall–Kier alpha value is -2.11. The van der Waals surface area contributed by atoms with Crippen LogP contribution in [0.5, 0.6) is 5.75 Å². The highest BCUT2D eigenvalue weighted by Crippen LogP contribution is 2.26. The summed E-state index contributed by atoms with van der Waals surface area (Å²) in [6.07, 6.45) is 0. The zero-order chi connectivity index (χ0) is 15.4. The Labute approximate surface area is 127 Å². The van der Waals surface area contributed by atoms with Crippen LogP contribution < -0.4 is 10.5 Å². The second kappa shape index (κ2) is 6.56. The third-order valence-electron chi connectivity index (χ3n) is 3.07. The predicted octanol–water partition coefficient (Wildman–Crippen LogP) is 3.59. The van der Waals surface area contributed by atoms with E-state index in [-0.39, 0.29) is 18.8 Å². The lowest BCUT2D eigenvalue weighted by Gasteiger charge is -2.11. The summed E-state index contributed by atoms with van der Waals surface area (Å²) in [7, 11) is 0. The van der Waals surface area contributed by atoms with Crippen molar-refractivity contribution in [2.24, 2.45) is 5.73 Å². The van der Waals surface area contributed by atoms with Gasteiger partial charge in [0.1, 0.15) is 12.4 Å². The number of rotatable bonds is 5. The van der Waals surface area contributed by atoms with Crippen molar-refractivity contribution in [1.29, 1.82) is 0 Å². The van der Waals surface area contributed by atoms with Gasteiger partial charge in [0.05, 0.1) is 4.92 Å². The molecular formula is C15H15ClN2O3. The first-order valence-corrected chi connectivity index (χ1v) is 6.74. The van der Waals surface area contributed by atoms with Crippen molar-refractivity contribution in [3.8, 4) is 5.75 Å². The summed E-state index contributed by atoms with van der Waals surface area (Å²) in [5, 5.41) is 11.4. The van der Waals surface area contributed by atoms with Gasteiger partial charge in [-0.15, -0.1) is 0 Å². The van der Waals surface area contributed by atoms with Crippen molar-refractivity contribution >= 4 is 17.3 Å². The van der Waals surface area contributed by atoms with Gasteiger partial charge < -0.3 is 10.5 Å². The Morgan fingerprint density at radius 2 is 2.00 bits per heavy atom. The number of ether oxygens (including phenoxy) is 1. The Bertz CT molecular complexity index is 674. The second-order valence-corrected chi connectivity index (χ2v) is 5.04. The lowest BCUT2D eigenvalue weighted by molar-refractivity contribution is -0.384. The van der Waals surface area contributed by atoms with Gasteiger partial charge in [0, 0.05) is 34.8 Å². The number of nitrogens with zero attached hydrogens (tertiary/aromatic N) is 1. The minimum absolute atomic E-state index is 0.00355. The van der Waals surface area contributed by atoms with Crippen LogP contribution >= 0.6 is 11.6 Å². The lowest BCUT2D eigenvalue weighted by Crippen LogP contribution is -2.04. The molecule has 0 saturated carbocycles. The molecule has 2 aromatic rings. The fourth-order valence-electron chi connectivity index (χ4n) is 1.90. The Morgan fingerprint density at radius 3 is 2.62 bits per heavy atom. The van der Waals surface area contributed by atoms with E-state index in [9.17, 15) is 10.1 Å². The Balaban J connectivity index is 2.17. The molecule has 2 rings (SSSR count). The van der Waals surface area contributed by atoms with Crippen molar-refractivity contribution in [2.75, 3.05) is 0 Å². The standard InChI is InChI=1S/C15H15ClN2O3/c1-10-2-3-11(14(16)6-10)9-21-15-5-4-13(18(19)20)7-12(15)8-17/h2-7H,8-9,17H2,1H3. The minimum atomic E-state index is -0.459. The molecule has 0 aliphatic carbocycles. The number of halogens is 1. The van der Waals surface area contributed by atoms with Crippen molar-refractivity contribution < 1.29 is 9.66 Å². The highest BCUT2D eigenvalue weighted by Gasteiger charge is 2.11. The molecule has 0 amide bonds. The van der Waals surface area contributed by atoms with Crippen LogP contribution in [0.4, 0.5) is 5.69 Å². The molecule has 0 spiro atoms. The van der Waals surface area contributed by atoms with Crippen molar-refractivity contribution in [1.82, 2.24) is 0 Å². The first kappa shape index (κ1) is 15.3. The van der Waals surface area contributed by atoms with E-state index in [2.05, 4.69) is 0 Å². The quantitative estimate of drug-likeness (QED) is 0.676. The molecule has 6 heteroatoms. The normalized spacial score (nSPS) is 10.4. The Morgan fingerprint density at radius 1 is 1.24 bits per heavy atom. The van der Waals surface area contributed by atoms with Crippen LogP contribution in [0.3, 0.4) is 0 Å². The van der Waals surface area contributed by atoms with Crippen LogP contribution in [0.25, 0.3) is 0 Å². The number of hydrogen-bond acceptors (Lipinski definition) is 4. The number of hydrogen-bond donors (Lipinski definition) is 1. The summed E-state index contributed by atoms with van der Waals surface area (Å²) < 4.78 is 5.68. The fraction of sp³-hybridized carbons (Fsp3) is 0.200. The van der Waals surface area contributed by atoms with Gasteiger partial charge in [-0.25, -0.2) is 0 Å². The highest BCUT2D eigenvalue weighted by atomic mass is 35.5. The molecule has 0 aliphatic rings. The van der Waals surface area contributed by atoms with E-state index in [0.29, 0.717) is 16.3 Å². The van der Waals surface area contributed by atoms with Gasteiger partial charge in [-0.1, -0.05) is 23.7 Å². The Kier molecular flexibility index (Phi) is 4.77. The van der Waals surface area contributed by atoms with Crippen molar-refractivity contribution in [2.45, 2.75) is 20.1 Å². The van der Waals surface area contributed by atoms with E-state index in [4.69, 9.17) is 22.1 Å². The molecule has 0 atom stereocenters. The number of benzene rings is 2. The van der Waals surface area contributed by atoms with Crippen LogP contribution in [0.1, 0.15) is 16.7 Å². The van der Waals surface area contributed by atoms with Gasteiger partial charge in [0.2, 0.25) is 0 Å². The monoisotopic (exact) mass is 306 g/mol. The SMILES string of the molecule is Cc1ccc(COc2ccc([N+](=O)[O-])cc2CN)c(Cl)c1. The number of non-ortho nitro benzene ring substituents is 1. The first-order chi connectivity index (χ1) is 10.0. The van der Waals surface area contributed by atoms with Gasteiger partial charge in [-0.3, -0.25) is 10.1 Å². The molecular weight excluding hydrogens is 292 g/mol. The van der Waals surface area contributed by atoms with E-state index in [1.165, 1.54) is 12.1 Å². The molecule has 0 aromatic heterocycles. The van der Waals surface area contributed by atoms with Crippen molar-refractivity contribution in [3.63, 3.8) is 0 Å². The maximum absolute atomic E-state index is 10.7. The van der Waals surface area contributed by atoms with Gasteiger partial charge in [-0.2, -0.15) is 0 Å². The molecule has 21 heavy (non-hydrogen) atoms. The molecule has 5 nitrogen and oxygen atoms in total. The summed E-state index contributed by atoms with van der Waals surface area (Å²) in [5.74, 6) is 0.528. The second-order valence-electron chi connectivity index (χ2n) is 4.64. The summed E-state index contributed by atoms with van der Waals surface area (Å²) in [4.78, 5) is 10.3. The van der Waals surface area contributed by atoms with Crippen LogP contribution in [-0.4, -0.2) is 4.92 Å². The molecule has 2 N–H and O–H groups in total. The number of aryl methyl sites for hydroxylation is 1. The molecule has 0 bridgehead atoms. The van der Waals surface area contributed by atoms with E-state index >= 15 is 0 Å². The molecule has 0 saturated heterocycles. The molecule has 0 heterocycles. The van der Waals surface area contributed by atoms with Crippen LogP contribution in [-0.2, 0) is 13.2 Å². The highest BCUT2D eigenvalue weighted by molar-refractivity contribution is 6.31.